The summed E-state index contributed by atoms with van der Waals surface area (Å²) in [5, 5.41) is 1.03. The van der Waals surface area contributed by atoms with Gasteiger partial charge in [-0.1, -0.05) is 0 Å². The van der Waals surface area contributed by atoms with Gasteiger partial charge in [0.05, 0.1) is 11.4 Å². The van der Waals surface area contributed by atoms with Gasteiger partial charge in [0.1, 0.15) is 12.1 Å². The summed E-state index contributed by atoms with van der Waals surface area (Å²) in [7, 11) is 0. The predicted octanol–water partition coefficient (Wildman–Crippen LogP) is 2.26. The predicted molar refractivity (Wildman–Crippen MR) is 100 cm³/mol. The lowest BCUT2D eigenvalue weighted by molar-refractivity contribution is -0.129. The maximum atomic E-state index is 12.6. The number of likely N-dealkylation sites (tertiary alicyclic amines) is 1. The van der Waals surface area contributed by atoms with Gasteiger partial charge < -0.3 is 9.80 Å². The van der Waals surface area contributed by atoms with Crippen molar-refractivity contribution in [1.29, 1.82) is 0 Å². The van der Waals surface area contributed by atoms with Gasteiger partial charge in [0.25, 0.3) is 0 Å². The summed E-state index contributed by atoms with van der Waals surface area (Å²) < 4.78 is 0. The van der Waals surface area contributed by atoms with Gasteiger partial charge in [0.15, 0.2) is 0 Å². The number of carbonyl (C=O) groups excluding carboxylic acids is 1. The van der Waals surface area contributed by atoms with E-state index < -0.39 is 0 Å². The van der Waals surface area contributed by atoms with Gasteiger partial charge in [-0.05, 0) is 19.8 Å². The molecule has 0 bridgehead atoms. The van der Waals surface area contributed by atoms with Crippen molar-refractivity contribution in [3.05, 3.63) is 34.2 Å². The number of rotatable bonds is 4. The molecule has 3 fully saturated rings. The quantitative estimate of drug-likeness (QED) is 0.827. The second kappa shape index (κ2) is 6.30. The van der Waals surface area contributed by atoms with Gasteiger partial charge in [-0.15, -0.1) is 11.3 Å². The minimum atomic E-state index is 0.243. The van der Waals surface area contributed by atoms with Crippen LogP contribution >= 0.6 is 11.3 Å². The summed E-state index contributed by atoms with van der Waals surface area (Å²) in [4.78, 5) is 31.3. The van der Waals surface area contributed by atoms with Gasteiger partial charge >= 0.3 is 0 Å². The number of thiazole rings is 1. The second-order valence-corrected chi connectivity index (χ2v) is 9.14. The Hall–Kier alpha value is -2.02. The fraction of sp³-hybridized carbons (Fsp3) is 0.579. The third kappa shape index (κ3) is 3.09. The normalized spacial score (nSPS) is 25.0. The molecule has 2 aliphatic heterocycles. The maximum absolute atomic E-state index is 12.6. The lowest BCUT2D eigenvalue weighted by atomic mass is 10.0. The molecule has 26 heavy (non-hydrogen) atoms. The zero-order chi connectivity index (χ0) is 17.7. The molecule has 2 atom stereocenters. The van der Waals surface area contributed by atoms with Crippen LogP contribution in [0, 0.1) is 18.8 Å². The van der Waals surface area contributed by atoms with Crippen LogP contribution in [-0.4, -0.2) is 51.9 Å². The SMILES string of the molecule is Cc1ncc(CC(=O)N2CC3CN(c4cc(C5CC5)ncn4)CC3C2)s1. The van der Waals surface area contributed by atoms with E-state index in [9.17, 15) is 4.79 Å². The lowest BCUT2D eigenvalue weighted by Crippen LogP contribution is -2.34. The van der Waals surface area contributed by atoms with Crippen molar-refractivity contribution in [3.63, 3.8) is 0 Å². The van der Waals surface area contributed by atoms with Gasteiger partial charge in [0.2, 0.25) is 5.91 Å². The maximum Gasteiger partial charge on any atom is 0.227 e. The Balaban J connectivity index is 1.20. The number of fused-ring (bicyclic) bond motifs is 1. The molecule has 0 N–H and O–H groups in total. The van der Waals surface area contributed by atoms with E-state index in [1.54, 1.807) is 17.7 Å². The number of aryl methyl sites for hydroxylation is 1. The summed E-state index contributed by atoms with van der Waals surface area (Å²) in [6.45, 7) is 5.72. The molecule has 2 aromatic heterocycles. The minimum Gasteiger partial charge on any atom is -0.356 e. The van der Waals surface area contributed by atoms with Gasteiger partial charge in [-0.25, -0.2) is 15.0 Å². The zero-order valence-electron chi connectivity index (χ0n) is 15.0. The van der Waals surface area contributed by atoms with Crippen LogP contribution in [0.5, 0.6) is 0 Å². The first-order chi connectivity index (χ1) is 12.7. The summed E-state index contributed by atoms with van der Waals surface area (Å²) in [6, 6.07) is 2.17. The first-order valence-corrected chi connectivity index (χ1v) is 10.2. The number of hydrogen-bond donors (Lipinski definition) is 0. The molecule has 136 valence electrons. The third-order valence-corrected chi connectivity index (χ3v) is 6.74. The summed E-state index contributed by atoms with van der Waals surface area (Å²) in [5.41, 5.74) is 1.20. The average molecular weight is 369 g/mol. The van der Waals surface area contributed by atoms with E-state index in [1.807, 2.05) is 13.1 Å². The molecule has 3 aliphatic rings. The molecule has 5 rings (SSSR count). The molecule has 7 heteroatoms. The Morgan fingerprint density at radius 1 is 1.15 bits per heavy atom. The highest BCUT2D eigenvalue weighted by molar-refractivity contribution is 7.11. The lowest BCUT2D eigenvalue weighted by Gasteiger charge is -2.22. The molecule has 1 saturated carbocycles. The van der Waals surface area contributed by atoms with E-state index in [1.165, 1.54) is 18.5 Å². The highest BCUT2D eigenvalue weighted by atomic mass is 32.1. The highest BCUT2D eigenvalue weighted by Gasteiger charge is 2.42. The summed E-state index contributed by atoms with van der Waals surface area (Å²) in [6.07, 6.45) is 6.56. The standard InChI is InChI=1S/C19H23N5OS/c1-12-20-6-16(26-12)4-19(25)24-9-14-7-23(8-15(14)10-24)18-5-17(13-2-3-13)21-11-22-18/h5-6,11,13-15H,2-4,7-10H2,1H3. The van der Waals surface area contributed by atoms with Crippen LogP contribution in [0.1, 0.15) is 34.3 Å². The smallest absolute Gasteiger partial charge is 0.227 e. The molecule has 0 spiro atoms. The number of amides is 1. The monoisotopic (exact) mass is 369 g/mol. The van der Waals surface area contributed by atoms with Crippen LogP contribution in [0.4, 0.5) is 5.82 Å². The van der Waals surface area contributed by atoms with E-state index in [0.717, 1.165) is 41.9 Å². The second-order valence-electron chi connectivity index (χ2n) is 7.82. The van der Waals surface area contributed by atoms with Crippen LogP contribution in [0.15, 0.2) is 18.6 Å². The van der Waals surface area contributed by atoms with E-state index in [2.05, 4.69) is 30.8 Å². The van der Waals surface area contributed by atoms with Gasteiger partial charge in [-0.2, -0.15) is 0 Å². The number of anilines is 1. The van der Waals surface area contributed by atoms with E-state index in [0.29, 0.717) is 24.2 Å². The van der Waals surface area contributed by atoms with E-state index in [-0.39, 0.29) is 5.91 Å². The number of nitrogens with zero attached hydrogens (tertiary/aromatic N) is 5. The highest BCUT2D eigenvalue weighted by Crippen LogP contribution is 2.40. The molecule has 4 heterocycles. The average Bonchev–Trinajstić information content (AvgIpc) is 3.11. The molecule has 0 radical (unpaired) electrons. The number of hydrogen-bond acceptors (Lipinski definition) is 6. The van der Waals surface area contributed by atoms with Crippen LogP contribution in [0.25, 0.3) is 0 Å². The molecule has 2 unspecified atom stereocenters. The molecular weight excluding hydrogens is 346 g/mol. The molecule has 1 aliphatic carbocycles. The largest absolute Gasteiger partial charge is 0.356 e. The molecule has 2 saturated heterocycles. The van der Waals surface area contributed by atoms with Crippen molar-refractivity contribution in [1.82, 2.24) is 19.9 Å². The zero-order valence-corrected chi connectivity index (χ0v) is 15.8. The fourth-order valence-corrected chi connectivity index (χ4v) is 5.05. The Morgan fingerprint density at radius 3 is 2.58 bits per heavy atom. The van der Waals surface area contributed by atoms with E-state index >= 15 is 0 Å². The van der Waals surface area contributed by atoms with Crippen LogP contribution < -0.4 is 4.90 Å². The summed E-state index contributed by atoms with van der Waals surface area (Å²) in [5.74, 6) is 3.08. The van der Waals surface area contributed by atoms with Crippen LogP contribution in [0.3, 0.4) is 0 Å². The van der Waals surface area contributed by atoms with Crippen LogP contribution in [0.2, 0.25) is 0 Å². The molecular formula is C19H23N5OS. The molecule has 6 nitrogen and oxygen atoms in total. The Labute approximate surface area is 157 Å². The number of aromatic nitrogens is 3. The Kier molecular flexibility index (Phi) is 3.92. The summed E-state index contributed by atoms with van der Waals surface area (Å²) >= 11 is 1.62. The van der Waals surface area contributed by atoms with Gasteiger partial charge in [0, 0.05) is 66.8 Å². The van der Waals surface area contributed by atoms with Crippen molar-refractivity contribution in [2.75, 3.05) is 31.1 Å². The van der Waals surface area contributed by atoms with Crippen molar-refractivity contribution >= 4 is 23.1 Å². The van der Waals surface area contributed by atoms with E-state index in [4.69, 9.17) is 0 Å². The Morgan fingerprint density at radius 2 is 1.92 bits per heavy atom. The Bertz CT molecular complexity index is 819. The minimum absolute atomic E-state index is 0.243. The first kappa shape index (κ1) is 16.2. The van der Waals surface area contributed by atoms with Crippen molar-refractivity contribution in [2.45, 2.75) is 32.1 Å². The number of carbonyl (C=O) groups is 1. The van der Waals surface area contributed by atoms with Crippen molar-refractivity contribution < 1.29 is 4.79 Å². The van der Waals surface area contributed by atoms with Gasteiger partial charge in [-0.3, -0.25) is 4.79 Å². The van der Waals surface area contributed by atoms with Crippen LogP contribution in [-0.2, 0) is 11.2 Å². The van der Waals surface area contributed by atoms with Crippen molar-refractivity contribution in [3.8, 4) is 0 Å². The molecule has 2 aromatic rings. The molecule has 1 amide bonds. The fourth-order valence-electron chi connectivity index (χ4n) is 4.27. The first-order valence-electron chi connectivity index (χ1n) is 9.41. The molecule has 0 aromatic carbocycles. The van der Waals surface area contributed by atoms with Crippen molar-refractivity contribution in [2.24, 2.45) is 11.8 Å². The third-order valence-electron chi connectivity index (χ3n) is 5.83. The topological polar surface area (TPSA) is 62.2 Å².